The minimum absolute atomic E-state index is 0.178. The second-order valence-electron chi connectivity index (χ2n) is 3.60. The van der Waals surface area contributed by atoms with Gasteiger partial charge in [-0.15, -0.1) is 0 Å². The number of hydrogen-bond donors (Lipinski definition) is 1. The lowest BCUT2D eigenvalue weighted by Crippen LogP contribution is -2.39. The highest BCUT2D eigenvalue weighted by atomic mass is 16.5. The van der Waals surface area contributed by atoms with Crippen LogP contribution in [0.4, 0.5) is 0 Å². The van der Waals surface area contributed by atoms with Crippen LogP contribution in [0.1, 0.15) is 19.5 Å². The molecule has 1 aromatic rings. The fourth-order valence-electron chi connectivity index (χ4n) is 0.762. The van der Waals surface area contributed by atoms with Crippen LogP contribution >= 0.6 is 0 Å². The minimum Gasteiger partial charge on any atom is -0.474 e. The summed E-state index contributed by atoms with van der Waals surface area (Å²) in [7, 11) is 0. The summed E-state index contributed by atoms with van der Waals surface area (Å²) in [5, 5.41) is 8.68. The van der Waals surface area contributed by atoms with Gasteiger partial charge in [-0.1, -0.05) is 0 Å². The van der Waals surface area contributed by atoms with E-state index >= 15 is 0 Å². The molecule has 2 N–H and O–H groups in total. The first-order valence-corrected chi connectivity index (χ1v) is 4.16. The quantitative estimate of drug-likeness (QED) is 0.752. The van der Waals surface area contributed by atoms with E-state index in [4.69, 9.17) is 15.7 Å². The first kappa shape index (κ1) is 10.4. The van der Waals surface area contributed by atoms with Crippen LogP contribution in [0.15, 0.2) is 12.4 Å². The monoisotopic (exact) mass is 192 g/mol. The van der Waals surface area contributed by atoms with Gasteiger partial charge >= 0.3 is 0 Å². The van der Waals surface area contributed by atoms with Crippen molar-refractivity contribution in [2.75, 3.05) is 6.61 Å². The summed E-state index contributed by atoms with van der Waals surface area (Å²) in [6.07, 6.45) is 2.92. The molecule has 5 heteroatoms. The predicted octanol–water partition coefficient (Wildman–Crippen LogP) is 0.464. The van der Waals surface area contributed by atoms with Gasteiger partial charge in [-0.3, -0.25) is 0 Å². The van der Waals surface area contributed by atoms with Crippen molar-refractivity contribution in [1.82, 2.24) is 9.97 Å². The van der Waals surface area contributed by atoms with Crippen molar-refractivity contribution in [3.05, 3.63) is 18.1 Å². The summed E-state index contributed by atoms with van der Waals surface area (Å²) in [6, 6.07) is 1.89. The largest absolute Gasteiger partial charge is 0.474 e. The molecule has 1 heterocycles. The van der Waals surface area contributed by atoms with Crippen LogP contribution in [0.25, 0.3) is 0 Å². The Morgan fingerprint density at radius 2 is 2.14 bits per heavy atom. The van der Waals surface area contributed by atoms with E-state index in [9.17, 15) is 0 Å². The third kappa shape index (κ3) is 2.99. The molecule has 0 fully saturated rings. The molecule has 0 saturated carbocycles. The van der Waals surface area contributed by atoms with E-state index in [0.717, 1.165) is 0 Å². The van der Waals surface area contributed by atoms with Gasteiger partial charge in [0.1, 0.15) is 12.7 Å². The highest BCUT2D eigenvalue weighted by Gasteiger charge is 2.13. The van der Waals surface area contributed by atoms with Crippen LogP contribution in [-0.2, 0) is 0 Å². The van der Waals surface area contributed by atoms with Crippen LogP contribution in [0, 0.1) is 11.3 Å². The Morgan fingerprint density at radius 1 is 1.50 bits per heavy atom. The number of ether oxygens (including phenoxy) is 1. The first-order valence-electron chi connectivity index (χ1n) is 4.16. The number of nitrogens with zero attached hydrogens (tertiary/aromatic N) is 3. The van der Waals surface area contributed by atoms with Crippen molar-refractivity contribution in [2.45, 2.75) is 19.4 Å². The van der Waals surface area contributed by atoms with Crippen molar-refractivity contribution in [1.29, 1.82) is 5.26 Å². The number of rotatable bonds is 3. The Hall–Kier alpha value is -1.67. The molecule has 0 aromatic carbocycles. The average Bonchev–Trinajstić information content (AvgIpc) is 2.14. The summed E-state index contributed by atoms with van der Waals surface area (Å²) in [6.45, 7) is 3.95. The van der Waals surface area contributed by atoms with E-state index in [1.807, 2.05) is 19.9 Å². The lowest BCUT2D eigenvalue weighted by Gasteiger charge is -2.18. The van der Waals surface area contributed by atoms with Gasteiger partial charge in [-0.25, -0.2) is 9.97 Å². The topological polar surface area (TPSA) is 84.8 Å². The van der Waals surface area contributed by atoms with Crippen molar-refractivity contribution in [3.63, 3.8) is 0 Å². The van der Waals surface area contributed by atoms with Crippen LogP contribution in [0.2, 0.25) is 0 Å². The summed E-state index contributed by atoms with van der Waals surface area (Å²) < 4.78 is 5.27. The van der Waals surface area contributed by atoms with Gasteiger partial charge in [0.05, 0.1) is 0 Å². The molecule has 0 atom stereocenters. The molecular formula is C9H12N4O. The van der Waals surface area contributed by atoms with Gasteiger partial charge in [-0.05, 0) is 13.8 Å². The van der Waals surface area contributed by atoms with Gasteiger partial charge in [-0.2, -0.15) is 5.26 Å². The maximum atomic E-state index is 8.68. The van der Waals surface area contributed by atoms with Crippen LogP contribution in [0.3, 0.4) is 0 Å². The average molecular weight is 192 g/mol. The Labute approximate surface area is 82.5 Å². The van der Waals surface area contributed by atoms with Gasteiger partial charge in [0.15, 0.2) is 0 Å². The van der Waals surface area contributed by atoms with E-state index in [1.54, 1.807) is 0 Å². The van der Waals surface area contributed by atoms with E-state index in [-0.39, 0.29) is 11.6 Å². The Morgan fingerprint density at radius 3 is 2.71 bits per heavy atom. The normalized spacial score (nSPS) is 10.7. The number of hydrogen-bond acceptors (Lipinski definition) is 5. The van der Waals surface area contributed by atoms with E-state index < -0.39 is 5.54 Å². The molecule has 5 nitrogen and oxygen atoms in total. The third-order valence-corrected chi connectivity index (χ3v) is 1.35. The first-order chi connectivity index (χ1) is 6.53. The number of nitriles is 1. The van der Waals surface area contributed by atoms with E-state index in [0.29, 0.717) is 6.61 Å². The molecule has 0 aliphatic rings. The molecule has 0 saturated heterocycles. The Bertz CT molecular complexity index is 351. The molecule has 0 aliphatic carbocycles. The molecule has 0 bridgehead atoms. The molecule has 0 radical (unpaired) electrons. The lowest BCUT2D eigenvalue weighted by atomic mass is 10.1. The summed E-state index contributed by atoms with van der Waals surface area (Å²) in [4.78, 5) is 7.70. The molecular weight excluding hydrogens is 180 g/mol. The highest BCUT2D eigenvalue weighted by molar-refractivity contribution is 5.29. The molecule has 0 spiro atoms. The molecule has 0 aliphatic heterocycles. The van der Waals surface area contributed by atoms with Crippen molar-refractivity contribution < 1.29 is 4.74 Å². The van der Waals surface area contributed by atoms with Gasteiger partial charge in [0.2, 0.25) is 5.69 Å². The molecule has 0 unspecified atom stereocenters. The standard InChI is InChI=1S/C9H12N4O/c1-9(2,11)6-14-8-7(5-10)12-3-4-13-8/h3-4H,6,11H2,1-2H3. The predicted molar refractivity (Wildman–Crippen MR) is 50.5 cm³/mol. The van der Waals surface area contributed by atoms with E-state index in [2.05, 4.69) is 9.97 Å². The Kier molecular flexibility index (Phi) is 2.99. The molecule has 1 aromatic heterocycles. The second kappa shape index (κ2) is 4.03. The van der Waals surface area contributed by atoms with Crippen molar-refractivity contribution in [3.8, 4) is 11.9 Å². The zero-order valence-corrected chi connectivity index (χ0v) is 8.19. The molecule has 0 amide bonds. The van der Waals surface area contributed by atoms with Crippen LogP contribution < -0.4 is 10.5 Å². The van der Waals surface area contributed by atoms with Gasteiger partial charge in [0.25, 0.3) is 5.88 Å². The van der Waals surface area contributed by atoms with E-state index in [1.165, 1.54) is 12.4 Å². The molecule has 14 heavy (non-hydrogen) atoms. The summed E-state index contributed by atoms with van der Waals surface area (Å²) in [5.41, 5.74) is 5.44. The van der Waals surface area contributed by atoms with Crippen molar-refractivity contribution >= 4 is 0 Å². The van der Waals surface area contributed by atoms with Gasteiger partial charge < -0.3 is 10.5 Å². The maximum absolute atomic E-state index is 8.68. The van der Waals surface area contributed by atoms with Crippen LogP contribution in [0.5, 0.6) is 5.88 Å². The fraction of sp³-hybridized carbons (Fsp3) is 0.444. The third-order valence-electron chi connectivity index (χ3n) is 1.35. The van der Waals surface area contributed by atoms with Crippen molar-refractivity contribution in [2.24, 2.45) is 5.73 Å². The number of nitrogens with two attached hydrogens (primary N) is 1. The smallest absolute Gasteiger partial charge is 0.251 e. The maximum Gasteiger partial charge on any atom is 0.251 e. The summed E-state index contributed by atoms with van der Waals surface area (Å²) >= 11 is 0. The molecule has 1 rings (SSSR count). The zero-order chi connectivity index (χ0) is 10.6. The fourth-order valence-corrected chi connectivity index (χ4v) is 0.762. The van der Waals surface area contributed by atoms with Gasteiger partial charge in [0, 0.05) is 17.9 Å². The summed E-state index contributed by atoms with van der Waals surface area (Å²) in [5.74, 6) is 0.230. The lowest BCUT2D eigenvalue weighted by molar-refractivity contribution is 0.233. The second-order valence-corrected chi connectivity index (χ2v) is 3.60. The highest BCUT2D eigenvalue weighted by Crippen LogP contribution is 2.11. The molecule has 74 valence electrons. The number of aromatic nitrogens is 2. The minimum atomic E-state index is -0.454. The van der Waals surface area contributed by atoms with Crippen LogP contribution in [-0.4, -0.2) is 22.1 Å². The SMILES string of the molecule is CC(C)(N)COc1nccnc1C#N. The Balaban J connectivity index is 2.73. The zero-order valence-electron chi connectivity index (χ0n) is 8.19.